The van der Waals surface area contributed by atoms with E-state index in [4.69, 9.17) is 4.74 Å². The van der Waals surface area contributed by atoms with E-state index in [2.05, 4.69) is 25.7 Å². The van der Waals surface area contributed by atoms with Crippen molar-refractivity contribution in [2.24, 2.45) is 0 Å². The van der Waals surface area contributed by atoms with Gasteiger partial charge in [-0.3, -0.25) is 10.1 Å². The van der Waals surface area contributed by atoms with Crippen LogP contribution in [0.3, 0.4) is 0 Å². The average molecular weight is 353 g/mol. The second-order valence-corrected chi connectivity index (χ2v) is 4.70. The van der Waals surface area contributed by atoms with Crippen LogP contribution in [0.15, 0.2) is 41.0 Å². The molecule has 0 bridgehead atoms. The molecular weight excluding hydrogens is 344 g/mol. The number of ether oxygens (including phenoxy) is 2. The quantitative estimate of drug-likeness (QED) is 0.476. The first-order valence-electron chi connectivity index (χ1n) is 5.67. The summed E-state index contributed by atoms with van der Waals surface area (Å²) in [5, 5.41) is 10.8. The summed E-state index contributed by atoms with van der Waals surface area (Å²) in [7, 11) is 1.26. The first-order chi connectivity index (χ1) is 10.0. The molecule has 2 rings (SSSR count). The van der Waals surface area contributed by atoms with Crippen LogP contribution in [0.5, 0.6) is 11.6 Å². The Morgan fingerprint density at radius 2 is 2.10 bits per heavy atom. The van der Waals surface area contributed by atoms with Gasteiger partial charge < -0.3 is 9.47 Å². The maximum atomic E-state index is 11.4. The lowest BCUT2D eigenvalue weighted by Crippen LogP contribution is -2.02. The van der Waals surface area contributed by atoms with Gasteiger partial charge in [0, 0.05) is 18.3 Å². The Balaban J connectivity index is 2.32. The molecule has 0 atom stereocenters. The van der Waals surface area contributed by atoms with Crippen LogP contribution >= 0.6 is 15.9 Å². The van der Waals surface area contributed by atoms with E-state index < -0.39 is 10.9 Å². The highest BCUT2D eigenvalue weighted by Gasteiger charge is 2.13. The fraction of sp³-hybridized carbons (Fsp3) is 0.0769. The monoisotopic (exact) mass is 352 g/mol. The molecule has 1 aromatic heterocycles. The number of pyridine rings is 1. The molecule has 0 spiro atoms. The minimum absolute atomic E-state index is 0.114. The van der Waals surface area contributed by atoms with Gasteiger partial charge in [-0.15, -0.1) is 0 Å². The zero-order valence-electron chi connectivity index (χ0n) is 10.8. The van der Waals surface area contributed by atoms with Gasteiger partial charge in [-0.1, -0.05) is 0 Å². The topological polar surface area (TPSA) is 91.6 Å². The van der Waals surface area contributed by atoms with E-state index in [0.29, 0.717) is 4.47 Å². The third-order valence-electron chi connectivity index (χ3n) is 2.50. The number of methoxy groups -OCH3 is 1. The number of esters is 1. The van der Waals surface area contributed by atoms with Crippen LogP contribution in [0.1, 0.15) is 10.4 Å². The fourth-order valence-corrected chi connectivity index (χ4v) is 1.83. The average Bonchev–Trinajstić information content (AvgIpc) is 2.48. The third kappa shape index (κ3) is 3.54. The van der Waals surface area contributed by atoms with E-state index in [9.17, 15) is 14.9 Å². The Bertz CT molecular complexity index is 705. The van der Waals surface area contributed by atoms with Crippen molar-refractivity contribution in [3.8, 4) is 11.6 Å². The Morgan fingerprint density at radius 1 is 1.33 bits per heavy atom. The Labute approximate surface area is 127 Å². The molecule has 0 unspecified atom stereocenters. The zero-order chi connectivity index (χ0) is 15.4. The van der Waals surface area contributed by atoms with Gasteiger partial charge in [-0.05, 0) is 28.1 Å². The van der Waals surface area contributed by atoms with E-state index in [1.165, 1.54) is 43.6 Å². The van der Waals surface area contributed by atoms with Crippen molar-refractivity contribution >= 4 is 27.6 Å². The Kier molecular flexibility index (Phi) is 4.49. The fourth-order valence-electron chi connectivity index (χ4n) is 1.51. The van der Waals surface area contributed by atoms with Crippen molar-refractivity contribution < 1.29 is 19.2 Å². The molecule has 0 radical (unpaired) electrons. The number of hydrogen-bond donors (Lipinski definition) is 0. The van der Waals surface area contributed by atoms with E-state index in [1.54, 1.807) is 0 Å². The normalized spacial score (nSPS) is 10.0. The highest BCUT2D eigenvalue weighted by molar-refractivity contribution is 9.10. The van der Waals surface area contributed by atoms with Crippen LogP contribution in [-0.2, 0) is 4.74 Å². The van der Waals surface area contributed by atoms with E-state index >= 15 is 0 Å². The summed E-state index contributed by atoms with van der Waals surface area (Å²) in [6.45, 7) is 0. The minimum atomic E-state index is -0.530. The summed E-state index contributed by atoms with van der Waals surface area (Å²) < 4.78 is 10.6. The number of non-ortho nitro benzene ring substituents is 1. The lowest BCUT2D eigenvalue weighted by molar-refractivity contribution is -0.384. The van der Waals surface area contributed by atoms with Gasteiger partial charge in [0.15, 0.2) is 5.75 Å². The van der Waals surface area contributed by atoms with Crippen LogP contribution in [0.25, 0.3) is 0 Å². The van der Waals surface area contributed by atoms with E-state index in [1.807, 2.05) is 0 Å². The second-order valence-electron chi connectivity index (χ2n) is 3.85. The van der Waals surface area contributed by atoms with Gasteiger partial charge >= 0.3 is 5.97 Å². The lowest BCUT2D eigenvalue weighted by Gasteiger charge is -2.07. The SMILES string of the molecule is COC(=O)c1ccnc(Oc2cc([N+](=O)[O-])ccc2Br)c1. The van der Waals surface area contributed by atoms with Crippen molar-refractivity contribution in [3.05, 3.63) is 56.7 Å². The molecular formula is C13H9BrN2O5. The minimum Gasteiger partial charge on any atom is -0.465 e. The molecule has 8 heteroatoms. The number of nitrogens with zero attached hydrogens (tertiary/aromatic N) is 2. The Hall–Kier alpha value is -2.48. The molecule has 0 saturated heterocycles. The highest BCUT2D eigenvalue weighted by Crippen LogP contribution is 2.32. The highest BCUT2D eigenvalue weighted by atomic mass is 79.9. The molecule has 0 aliphatic carbocycles. The Morgan fingerprint density at radius 3 is 2.76 bits per heavy atom. The first-order valence-corrected chi connectivity index (χ1v) is 6.46. The van der Waals surface area contributed by atoms with E-state index in [-0.39, 0.29) is 22.9 Å². The summed E-state index contributed by atoms with van der Waals surface area (Å²) in [5.74, 6) is -0.182. The maximum Gasteiger partial charge on any atom is 0.338 e. The van der Waals surface area contributed by atoms with Gasteiger partial charge in [-0.25, -0.2) is 9.78 Å². The van der Waals surface area contributed by atoms with Gasteiger partial charge in [0.05, 0.1) is 28.1 Å². The van der Waals surface area contributed by atoms with Crippen LogP contribution < -0.4 is 4.74 Å². The molecule has 7 nitrogen and oxygen atoms in total. The second kappa shape index (κ2) is 6.31. The van der Waals surface area contributed by atoms with Crippen LogP contribution in [-0.4, -0.2) is 23.0 Å². The van der Waals surface area contributed by atoms with Crippen molar-refractivity contribution in [2.75, 3.05) is 7.11 Å². The van der Waals surface area contributed by atoms with Gasteiger partial charge in [0.1, 0.15) is 0 Å². The molecule has 0 saturated carbocycles. The molecule has 0 fully saturated rings. The van der Waals surface area contributed by atoms with Crippen LogP contribution in [0.4, 0.5) is 5.69 Å². The summed E-state index contributed by atoms with van der Waals surface area (Å²) in [6, 6.07) is 6.96. The number of rotatable bonds is 4. The van der Waals surface area contributed by atoms with Gasteiger partial charge in [0.25, 0.3) is 5.69 Å². The molecule has 1 heterocycles. The predicted molar refractivity (Wildman–Crippen MR) is 76.4 cm³/mol. The molecule has 108 valence electrons. The van der Waals surface area contributed by atoms with Crippen LogP contribution in [0, 0.1) is 10.1 Å². The molecule has 2 aromatic rings. The number of nitro benzene ring substituents is 1. The van der Waals surface area contributed by atoms with Crippen molar-refractivity contribution in [3.63, 3.8) is 0 Å². The number of hydrogen-bond acceptors (Lipinski definition) is 6. The molecule has 0 amide bonds. The number of carbonyl (C=O) groups is 1. The summed E-state index contributed by atoms with van der Waals surface area (Å²) in [4.78, 5) is 25.6. The predicted octanol–water partition coefficient (Wildman–Crippen LogP) is 3.33. The third-order valence-corrected chi connectivity index (χ3v) is 3.15. The summed E-state index contributed by atoms with van der Waals surface area (Å²) in [6.07, 6.45) is 1.38. The molecule has 0 aliphatic rings. The number of halogens is 1. The largest absolute Gasteiger partial charge is 0.465 e. The van der Waals surface area contributed by atoms with Crippen molar-refractivity contribution in [1.82, 2.24) is 4.98 Å². The zero-order valence-corrected chi connectivity index (χ0v) is 12.4. The summed E-state index contributed by atoms with van der Waals surface area (Å²) >= 11 is 3.23. The van der Waals surface area contributed by atoms with E-state index in [0.717, 1.165) is 0 Å². The number of aromatic nitrogens is 1. The number of benzene rings is 1. The van der Waals surface area contributed by atoms with Crippen molar-refractivity contribution in [2.45, 2.75) is 0 Å². The van der Waals surface area contributed by atoms with Crippen molar-refractivity contribution in [1.29, 1.82) is 0 Å². The van der Waals surface area contributed by atoms with Gasteiger partial charge in [-0.2, -0.15) is 0 Å². The number of nitro groups is 1. The molecule has 0 N–H and O–H groups in total. The standard InChI is InChI=1S/C13H9BrN2O5/c1-20-13(17)8-4-5-15-12(6-8)21-11-7-9(16(18)19)2-3-10(11)14/h2-7H,1H3. The lowest BCUT2D eigenvalue weighted by atomic mass is 10.2. The molecule has 21 heavy (non-hydrogen) atoms. The molecule has 0 aliphatic heterocycles. The smallest absolute Gasteiger partial charge is 0.338 e. The van der Waals surface area contributed by atoms with Crippen LogP contribution in [0.2, 0.25) is 0 Å². The maximum absolute atomic E-state index is 11.4. The first kappa shape index (κ1) is 14.9. The molecule has 1 aromatic carbocycles. The van der Waals surface area contributed by atoms with Gasteiger partial charge in [0.2, 0.25) is 5.88 Å². The number of carbonyl (C=O) groups excluding carboxylic acids is 1. The summed E-state index contributed by atoms with van der Waals surface area (Å²) in [5.41, 5.74) is 0.154.